The number of carbonyl (C=O) groups is 1. The number of rotatable bonds is 5. The van der Waals surface area contributed by atoms with Crippen molar-refractivity contribution in [1.29, 1.82) is 0 Å². The molecular weight excluding hydrogens is 258 g/mol. The highest BCUT2D eigenvalue weighted by Crippen LogP contribution is 2.39. The van der Waals surface area contributed by atoms with Crippen molar-refractivity contribution in [2.24, 2.45) is 5.92 Å². The Morgan fingerprint density at radius 3 is 2.90 bits per heavy atom. The van der Waals surface area contributed by atoms with Crippen LogP contribution in [0.25, 0.3) is 11.4 Å². The van der Waals surface area contributed by atoms with Crippen LogP contribution < -0.4 is 0 Å². The molecule has 106 valence electrons. The van der Waals surface area contributed by atoms with Gasteiger partial charge in [0.05, 0.1) is 18.2 Å². The van der Waals surface area contributed by atoms with Crippen molar-refractivity contribution in [3.8, 4) is 11.4 Å². The summed E-state index contributed by atoms with van der Waals surface area (Å²) in [6.45, 7) is 4.03. The summed E-state index contributed by atoms with van der Waals surface area (Å²) >= 11 is 0. The molecule has 0 spiro atoms. The topological polar surface area (TPSA) is 81.2 Å². The quantitative estimate of drug-likeness (QED) is 0.907. The molecule has 0 amide bonds. The Morgan fingerprint density at radius 1 is 1.55 bits per heavy atom. The lowest BCUT2D eigenvalue weighted by Gasteiger charge is -2.05. The zero-order valence-electron chi connectivity index (χ0n) is 11.5. The van der Waals surface area contributed by atoms with E-state index in [0.717, 1.165) is 18.5 Å². The molecule has 20 heavy (non-hydrogen) atoms. The van der Waals surface area contributed by atoms with Gasteiger partial charge in [-0.1, -0.05) is 19.0 Å². The lowest BCUT2D eigenvalue weighted by atomic mass is 10.0. The Hall–Kier alpha value is -2.11. The second kappa shape index (κ2) is 4.77. The molecule has 6 nitrogen and oxygen atoms in total. The molecule has 1 saturated carbocycles. The Kier molecular flexibility index (Phi) is 3.08. The predicted molar refractivity (Wildman–Crippen MR) is 71.5 cm³/mol. The molecule has 1 N–H and O–H groups in total. The SMILES string of the molecule is CC(C)Cc1onc(-c2cncn2C2CC2)c1C(=O)O. The third-order valence-corrected chi connectivity index (χ3v) is 3.42. The number of imidazole rings is 1. The van der Waals surface area contributed by atoms with Gasteiger partial charge in [0.2, 0.25) is 0 Å². The Morgan fingerprint density at radius 2 is 2.30 bits per heavy atom. The van der Waals surface area contributed by atoms with E-state index in [2.05, 4.69) is 10.1 Å². The highest BCUT2D eigenvalue weighted by atomic mass is 16.5. The number of hydrogen-bond donors (Lipinski definition) is 1. The molecule has 0 aromatic carbocycles. The van der Waals surface area contributed by atoms with E-state index in [1.54, 1.807) is 12.5 Å². The molecule has 2 heterocycles. The van der Waals surface area contributed by atoms with E-state index in [1.165, 1.54) is 0 Å². The van der Waals surface area contributed by atoms with Crippen molar-refractivity contribution in [1.82, 2.24) is 14.7 Å². The minimum atomic E-state index is -1.000. The summed E-state index contributed by atoms with van der Waals surface area (Å²) in [4.78, 5) is 15.7. The predicted octanol–water partition coefficient (Wildman–Crippen LogP) is 2.77. The summed E-state index contributed by atoms with van der Waals surface area (Å²) in [5.41, 5.74) is 1.28. The second-order valence-electron chi connectivity index (χ2n) is 5.65. The van der Waals surface area contributed by atoms with Crippen molar-refractivity contribution in [3.63, 3.8) is 0 Å². The third-order valence-electron chi connectivity index (χ3n) is 3.42. The number of carboxylic acid groups (broad SMARTS) is 1. The molecule has 0 radical (unpaired) electrons. The molecule has 1 fully saturated rings. The van der Waals surface area contributed by atoms with Gasteiger partial charge in [-0.15, -0.1) is 0 Å². The van der Waals surface area contributed by atoms with Crippen LogP contribution in [0.4, 0.5) is 0 Å². The van der Waals surface area contributed by atoms with E-state index in [4.69, 9.17) is 4.52 Å². The number of nitrogens with zero attached hydrogens (tertiary/aromatic N) is 3. The molecule has 2 aromatic heterocycles. The maximum Gasteiger partial charge on any atom is 0.341 e. The van der Waals surface area contributed by atoms with Gasteiger partial charge in [-0.05, 0) is 18.8 Å². The minimum absolute atomic E-state index is 0.168. The molecule has 3 rings (SSSR count). The zero-order chi connectivity index (χ0) is 14.3. The fourth-order valence-corrected chi connectivity index (χ4v) is 2.36. The van der Waals surface area contributed by atoms with Gasteiger partial charge in [0.15, 0.2) is 5.76 Å². The van der Waals surface area contributed by atoms with Gasteiger partial charge in [0.1, 0.15) is 11.3 Å². The van der Waals surface area contributed by atoms with E-state index in [1.807, 2.05) is 18.4 Å². The maximum atomic E-state index is 11.5. The van der Waals surface area contributed by atoms with Crippen LogP contribution >= 0.6 is 0 Å². The van der Waals surface area contributed by atoms with Crippen LogP contribution in [0.15, 0.2) is 17.0 Å². The maximum absolute atomic E-state index is 11.5. The lowest BCUT2D eigenvalue weighted by molar-refractivity contribution is 0.0695. The summed E-state index contributed by atoms with van der Waals surface area (Å²) in [6, 6.07) is 0.416. The van der Waals surface area contributed by atoms with Crippen molar-refractivity contribution in [2.45, 2.75) is 39.2 Å². The Bertz CT molecular complexity index is 638. The van der Waals surface area contributed by atoms with Crippen molar-refractivity contribution >= 4 is 5.97 Å². The van der Waals surface area contributed by atoms with E-state index in [9.17, 15) is 9.90 Å². The molecule has 1 aliphatic rings. The minimum Gasteiger partial charge on any atom is -0.477 e. The van der Waals surface area contributed by atoms with Gasteiger partial charge in [0, 0.05) is 12.5 Å². The number of aromatic carboxylic acids is 1. The highest BCUT2D eigenvalue weighted by Gasteiger charge is 2.30. The van der Waals surface area contributed by atoms with Crippen LogP contribution in [0.2, 0.25) is 0 Å². The summed E-state index contributed by atoms with van der Waals surface area (Å²) in [6.07, 6.45) is 6.15. The first-order valence-electron chi connectivity index (χ1n) is 6.82. The fourth-order valence-electron chi connectivity index (χ4n) is 2.36. The van der Waals surface area contributed by atoms with Crippen molar-refractivity contribution in [2.75, 3.05) is 0 Å². The Labute approximate surface area is 116 Å². The van der Waals surface area contributed by atoms with Crippen LogP contribution in [0, 0.1) is 5.92 Å². The van der Waals surface area contributed by atoms with Crippen molar-refractivity contribution in [3.05, 3.63) is 23.8 Å². The summed E-state index contributed by atoms with van der Waals surface area (Å²) < 4.78 is 7.26. The average Bonchev–Trinajstić information content (AvgIpc) is 2.95. The first-order valence-corrected chi connectivity index (χ1v) is 6.82. The van der Waals surface area contributed by atoms with E-state index >= 15 is 0 Å². The van der Waals surface area contributed by atoms with E-state index in [0.29, 0.717) is 29.8 Å². The molecule has 6 heteroatoms. The van der Waals surface area contributed by atoms with Gasteiger partial charge in [-0.25, -0.2) is 9.78 Å². The first kappa shape index (κ1) is 12.9. The normalized spacial score (nSPS) is 14.9. The highest BCUT2D eigenvalue weighted by molar-refractivity contribution is 5.95. The number of hydrogen-bond acceptors (Lipinski definition) is 4. The summed E-state index contributed by atoms with van der Waals surface area (Å²) in [5.74, 6) is -0.256. The smallest absolute Gasteiger partial charge is 0.341 e. The molecule has 1 aliphatic carbocycles. The number of aromatic nitrogens is 3. The van der Waals surface area contributed by atoms with Gasteiger partial charge >= 0.3 is 5.97 Å². The first-order chi connectivity index (χ1) is 9.58. The number of carboxylic acids is 1. The van der Waals surface area contributed by atoms with Crippen LogP contribution in [0.3, 0.4) is 0 Å². The van der Waals surface area contributed by atoms with Crippen molar-refractivity contribution < 1.29 is 14.4 Å². The van der Waals surface area contributed by atoms with Crippen LogP contribution in [0.5, 0.6) is 0 Å². The van der Waals surface area contributed by atoms with Crippen LogP contribution in [-0.2, 0) is 6.42 Å². The molecule has 0 aliphatic heterocycles. The molecule has 2 aromatic rings. The van der Waals surface area contributed by atoms with Gasteiger partial charge in [0.25, 0.3) is 0 Å². The molecule has 0 saturated heterocycles. The largest absolute Gasteiger partial charge is 0.477 e. The van der Waals surface area contributed by atoms with Gasteiger partial charge in [-0.3, -0.25) is 0 Å². The average molecular weight is 275 g/mol. The molecular formula is C14H17N3O3. The van der Waals surface area contributed by atoms with E-state index in [-0.39, 0.29) is 5.56 Å². The fraction of sp³-hybridized carbons (Fsp3) is 0.500. The third kappa shape index (κ3) is 2.21. The lowest BCUT2D eigenvalue weighted by Crippen LogP contribution is -2.05. The molecule has 0 unspecified atom stereocenters. The van der Waals surface area contributed by atoms with Crippen LogP contribution in [-0.4, -0.2) is 25.8 Å². The zero-order valence-corrected chi connectivity index (χ0v) is 11.5. The molecule has 0 atom stereocenters. The van der Waals surface area contributed by atoms with E-state index < -0.39 is 5.97 Å². The Balaban J connectivity index is 2.06. The second-order valence-corrected chi connectivity index (χ2v) is 5.65. The van der Waals surface area contributed by atoms with Gasteiger partial charge in [-0.2, -0.15) is 0 Å². The van der Waals surface area contributed by atoms with Crippen LogP contribution in [0.1, 0.15) is 48.8 Å². The monoisotopic (exact) mass is 275 g/mol. The summed E-state index contributed by atoms with van der Waals surface area (Å²) in [5, 5.41) is 13.4. The standard InChI is InChI=1S/C14H17N3O3/c1-8(2)5-11-12(14(18)19)13(16-20-11)10-6-15-7-17(10)9-3-4-9/h6-9H,3-5H2,1-2H3,(H,18,19). The summed E-state index contributed by atoms with van der Waals surface area (Å²) in [7, 11) is 0. The molecule has 0 bridgehead atoms. The van der Waals surface area contributed by atoms with Gasteiger partial charge < -0.3 is 14.2 Å².